The minimum atomic E-state index is -0.885. The average molecular weight is 280 g/mol. The maximum atomic E-state index is 12.5. The quantitative estimate of drug-likeness (QED) is 0.590. The van der Waals surface area contributed by atoms with Crippen molar-refractivity contribution < 1.29 is 19.4 Å². The Balaban J connectivity index is 2.03. The van der Waals surface area contributed by atoms with E-state index in [0.717, 1.165) is 6.42 Å². The van der Waals surface area contributed by atoms with Gasteiger partial charge in [-0.1, -0.05) is 32.9 Å². The highest BCUT2D eigenvalue weighted by molar-refractivity contribution is 5.82. The number of hydrogen-bond acceptors (Lipinski definition) is 4. The van der Waals surface area contributed by atoms with Crippen LogP contribution < -0.4 is 0 Å². The number of carbonyl (C=O) groups excluding carboxylic acids is 1. The fourth-order valence-electron chi connectivity index (χ4n) is 4.84. The van der Waals surface area contributed by atoms with Crippen LogP contribution in [0.1, 0.15) is 33.6 Å². The molecule has 2 fully saturated rings. The Bertz CT molecular complexity index is 455. The summed E-state index contributed by atoms with van der Waals surface area (Å²) in [5, 5.41) is 10.7. The lowest BCUT2D eigenvalue weighted by Gasteiger charge is -2.40. The molecule has 0 amide bonds. The SMILES string of the molecule is CO[C@@H]1OC(=O)C2(CC3CC(C)C=CC3C2(C)C)[C@@H]1O. The lowest BCUT2D eigenvalue weighted by atomic mass is 9.62. The summed E-state index contributed by atoms with van der Waals surface area (Å²) in [7, 11) is 1.47. The molecule has 1 saturated heterocycles. The van der Waals surface area contributed by atoms with E-state index in [1.807, 2.05) is 0 Å². The molecule has 0 aromatic heterocycles. The van der Waals surface area contributed by atoms with Crippen molar-refractivity contribution in [1.82, 2.24) is 0 Å². The molecule has 3 aliphatic rings. The second kappa shape index (κ2) is 4.31. The number of fused-ring (bicyclic) bond motifs is 1. The highest BCUT2D eigenvalue weighted by atomic mass is 16.7. The van der Waals surface area contributed by atoms with Gasteiger partial charge in [-0.05, 0) is 36.0 Å². The maximum absolute atomic E-state index is 12.5. The molecule has 0 aromatic rings. The minimum Gasteiger partial charge on any atom is -0.432 e. The topological polar surface area (TPSA) is 55.8 Å². The van der Waals surface area contributed by atoms with Gasteiger partial charge in [0.2, 0.25) is 6.29 Å². The van der Waals surface area contributed by atoms with Crippen LogP contribution in [0.5, 0.6) is 0 Å². The molecule has 0 bridgehead atoms. The minimum absolute atomic E-state index is 0.294. The van der Waals surface area contributed by atoms with E-state index in [1.165, 1.54) is 7.11 Å². The van der Waals surface area contributed by atoms with Gasteiger partial charge in [0.05, 0.1) is 0 Å². The van der Waals surface area contributed by atoms with Crippen molar-refractivity contribution in [3.05, 3.63) is 12.2 Å². The highest BCUT2D eigenvalue weighted by Gasteiger charge is 2.71. The van der Waals surface area contributed by atoms with Crippen molar-refractivity contribution in [3.8, 4) is 0 Å². The molecule has 0 aromatic carbocycles. The number of ether oxygens (including phenoxy) is 2. The van der Waals surface area contributed by atoms with Gasteiger partial charge in [0, 0.05) is 7.11 Å². The summed E-state index contributed by atoms with van der Waals surface area (Å²) in [4.78, 5) is 12.5. The van der Waals surface area contributed by atoms with Crippen LogP contribution in [-0.4, -0.2) is 30.6 Å². The summed E-state index contributed by atoms with van der Waals surface area (Å²) in [5.74, 6) is 0.992. The van der Waals surface area contributed by atoms with Gasteiger partial charge in [-0.2, -0.15) is 0 Å². The standard InChI is InChI=1S/C16H24O4/c1-9-5-6-11-10(7-9)8-16(15(11,2)3)12(17)13(19-4)20-14(16)18/h5-6,9-13,17H,7-8H2,1-4H3/t9?,10?,11?,12-,13-,16?/m1/s1. The summed E-state index contributed by atoms with van der Waals surface area (Å²) >= 11 is 0. The fraction of sp³-hybridized carbons (Fsp3) is 0.812. The molecule has 1 N–H and O–H groups in total. The second-order valence-electron chi connectivity index (χ2n) is 7.24. The third-order valence-corrected chi connectivity index (χ3v) is 5.98. The van der Waals surface area contributed by atoms with Crippen LogP contribution in [0, 0.1) is 28.6 Å². The third-order valence-electron chi connectivity index (χ3n) is 5.98. The normalized spacial score (nSPS) is 49.5. The Labute approximate surface area is 120 Å². The molecule has 1 aliphatic heterocycles. The van der Waals surface area contributed by atoms with Gasteiger partial charge in [0.25, 0.3) is 0 Å². The van der Waals surface area contributed by atoms with E-state index < -0.39 is 17.8 Å². The van der Waals surface area contributed by atoms with Gasteiger partial charge in [-0.25, -0.2) is 0 Å². The highest BCUT2D eigenvalue weighted by Crippen LogP contribution is 2.65. The third kappa shape index (κ3) is 1.52. The van der Waals surface area contributed by atoms with Crippen molar-refractivity contribution in [2.24, 2.45) is 28.6 Å². The van der Waals surface area contributed by atoms with E-state index in [0.29, 0.717) is 24.2 Å². The second-order valence-corrected chi connectivity index (χ2v) is 7.24. The molecule has 4 heteroatoms. The predicted octanol–water partition coefficient (Wildman–Crippen LogP) is 2.12. The molecule has 3 rings (SSSR count). The van der Waals surface area contributed by atoms with Gasteiger partial charge < -0.3 is 14.6 Å². The van der Waals surface area contributed by atoms with Gasteiger partial charge in [0.1, 0.15) is 11.5 Å². The average Bonchev–Trinajstić information content (AvgIpc) is 2.77. The van der Waals surface area contributed by atoms with Crippen molar-refractivity contribution in [2.45, 2.75) is 46.0 Å². The Kier molecular flexibility index (Phi) is 3.04. The Morgan fingerprint density at radius 3 is 2.70 bits per heavy atom. The first-order chi connectivity index (χ1) is 9.34. The van der Waals surface area contributed by atoms with Crippen LogP contribution in [0.4, 0.5) is 0 Å². The molecule has 4 unspecified atom stereocenters. The Morgan fingerprint density at radius 2 is 2.10 bits per heavy atom. The number of esters is 1. The number of methoxy groups -OCH3 is 1. The molecule has 0 radical (unpaired) electrons. The van der Waals surface area contributed by atoms with E-state index in [9.17, 15) is 9.90 Å². The zero-order valence-corrected chi connectivity index (χ0v) is 12.6. The lowest BCUT2D eigenvalue weighted by Crippen LogP contribution is -2.48. The van der Waals surface area contributed by atoms with Gasteiger partial charge in [0.15, 0.2) is 0 Å². The first-order valence-electron chi connectivity index (χ1n) is 7.45. The van der Waals surface area contributed by atoms with E-state index in [4.69, 9.17) is 9.47 Å². The largest absolute Gasteiger partial charge is 0.432 e. The van der Waals surface area contributed by atoms with Gasteiger partial charge >= 0.3 is 5.97 Å². The number of aliphatic hydroxyl groups excluding tert-OH is 1. The van der Waals surface area contributed by atoms with Crippen molar-refractivity contribution in [1.29, 1.82) is 0 Å². The molecular formula is C16H24O4. The lowest BCUT2D eigenvalue weighted by molar-refractivity contribution is -0.166. The predicted molar refractivity (Wildman–Crippen MR) is 73.6 cm³/mol. The molecule has 6 atom stereocenters. The van der Waals surface area contributed by atoms with Gasteiger partial charge in [-0.15, -0.1) is 0 Å². The Hall–Kier alpha value is -0.870. The van der Waals surface area contributed by atoms with Crippen LogP contribution in [0.15, 0.2) is 12.2 Å². The van der Waals surface area contributed by atoms with Gasteiger partial charge in [-0.3, -0.25) is 4.79 Å². The van der Waals surface area contributed by atoms with Crippen molar-refractivity contribution >= 4 is 5.97 Å². The number of hydrogen-bond donors (Lipinski definition) is 1. The van der Waals surface area contributed by atoms with Crippen LogP contribution in [-0.2, 0) is 14.3 Å². The summed E-state index contributed by atoms with van der Waals surface area (Å²) in [5.41, 5.74) is -1.16. The van der Waals surface area contributed by atoms with Crippen LogP contribution >= 0.6 is 0 Å². The number of rotatable bonds is 1. The molecule has 2 aliphatic carbocycles. The fourth-order valence-corrected chi connectivity index (χ4v) is 4.84. The van der Waals surface area contributed by atoms with Crippen LogP contribution in [0.25, 0.3) is 0 Å². The molecular weight excluding hydrogens is 256 g/mol. The van der Waals surface area contributed by atoms with Crippen molar-refractivity contribution in [3.63, 3.8) is 0 Å². The zero-order chi connectivity index (χ0) is 14.7. The number of carbonyl (C=O) groups is 1. The van der Waals surface area contributed by atoms with Crippen molar-refractivity contribution in [2.75, 3.05) is 7.11 Å². The zero-order valence-electron chi connectivity index (χ0n) is 12.6. The van der Waals surface area contributed by atoms with Crippen LogP contribution in [0.3, 0.4) is 0 Å². The first-order valence-corrected chi connectivity index (χ1v) is 7.45. The van der Waals surface area contributed by atoms with E-state index >= 15 is 0 Å². The summed E-state index contributed by atoms with van der Waals surface area (Å²) in [6.45, 7) is 6.37. The monoisotopic (exact) mass is 280 g/mol. The molecule has 1 saturated carbocycles. The molecule has 1 heterocycles. The Morgan fingerprint density at radius 1 is 1.40 bits per heavy atom. The number of allylic oxidation sites excluding steroid dienone is 2. The summed E-state index contributed by atoms with van der Waals surface area (Å²) in [6.07, 6.45) is 4.53. The number of aliphatic hydroxyl groups is 1. The summed E-state index contributed by atoms with van der Waals surface area (Å²) in [6, 6.07) is 0. The van der Waals surface area contributed by atoms with E-state index in [-0.39, 0.29) is 11.4 Å². The van der Waals surface area contributed by atoms with Crippen LogP contribution in [0.2, 0.25) is 0 Å². The van der Waals surface area contributed by atoms with E-state index in [1.54, 1.807) is 0 Å². The molecule has 20 heavy (non-hydrogen) atoms. The molecule has 4 nitrogen and oxygen atoms in total. The molecule has 112 valence electrons. The maximum Gasteiger partial charge on any atom is 0.317 e. The summed E-state index contributed by atoms with van der Waals surface area (Å²) < 4.78 is 10.4. The molecule has 1 spiro atoms. The smallest absolute Gasteiger partial charge is 0.317 e. The first kappa shape index (κ1) is 14.1. The van der Waals surface area contributed by atoms with E-state index in [2.05, 4.69) is 32.9 Å². The number of cyclic esters (lactones) is 1.